The molecule has 2 aliphatic rings. The lowest BCUT2D eigenvalue weighted by Gasteiger charge is -2.33. The Morgan fingerprint density at radius 1 is 1.23 bits per heavy atom. The molecule has 150 valence electrons. The summed E-state index contributed by atoms with van der Waals surface area (Å²) in [5, 5.41) is 3.21. The molecule has 1 saturated carbocycles. The van der Waals surface area contributed by atoms with Gasteiger partial charge < -0.3 is 15.0 Å². The first-order valence-corrected chi connectivity index (χ1v) is 11.2. The van der Waals surface area contributed by atoms with Crippen molar-refractivity contribution in [2.24, 2.45) is 16.8 Å². The highest BCUT2D eigenvalue weighted by molar-refractivity contribution is 7.89. The van der Waals surface area contributed by atoms with Crippen molar-refractivity contribution in [2.45, 2.75) is 39.0 Å². The molecule has 1 aliphatic heterocycles. The van der Waals surface area contributed by atoms with Crippen molar-refractivity contribution >= 4 is 22.0 Å². The summed E-state index contributed by atoms with van der Waals surface area (Å²) in [4.78, 5) is 18.2. The van der Waals surface area contributed by atoms with Crippen LogP contribution >= 0.6 is 0 Å². The minimum Gasteiger partial charge on any atom is -0.469 e. The second kappa shape index (κ2) is 10.1. The number of nitrogens with one attached hydrogen (secondary N) is 2. The van der Waals surface area contributed by atoms with E-state index in [0.29, 0.717) is 38.1 Å². The number of aliphatic imine (C=N–C) groups is 1. The summed E-state index contributed by atoms with van der Waals surface area (Å²) in [7, 11) is -1.87. The second-order valence-corrected chi connectivity index (χ2v) is 8.91. The van der Waals surface area contributed by atoms with E-state index in [2.05, 4.69) is 19.9 Å². The number of hydrogen-bond acceptors (Lipinski definition) is 5. The number of rotatable bonds is 8. The lowest BCUT2D eigenvalue weighted by Crippen LogP contribution is -2.47. The van der Waals surface area contributed by atoms with Gasteiger partial charge in [0.1, 0.15) is 0 Å². The smallest absolute Gasteiger partial charge is 0.308 e. The summed E-state index contributed by atoms with van der Waals surface area (Å²) >= 11 is 0. The Morgan fingerprint density at radius 2 is 1.92 bits per heavy atom. The number of carbonyl (C=O) groups excluding carboxylic acids is 1. The molecule has 0 aromatic heterocycles. The van der Waals surface area contributed by atoms with Gasteiger partial charge in [0.2, 0.25) is 10.0 Å². The first-order valence-electron chi connectivity index (χ1n) is 9.53. The summed E-state index contributed by atoms with van der Waals surface area (Å²) in [6.45, 7) is 4.87. The number of esters is 1. The van der Waals surface area contributed by atoms with Crippen molar-refractivity contribution in [3.05, 3.63) is 0 Å². The molecule has 1 heterocycles. The molecule has 26 heavy (non-hydrogen) atoms. The topological polar surface area (TPSA) is 100 Å². The van der Waals surface area contributed by atoms with Crippen LogP contribution in [0.3, 0.4) is 0 Å². The third kappa shape index (κ3) is 6.42. The van der Waals surface area contributed by atoms with Gasteiger partial charge >= 0.3 is 5.97 Å². The number of likely N-dealkylation sites (tertiary alicyclic amines) is 1. The molecule has 9 heteroatoms. The third-order valence-electron chi connectivity index (χ3n) is 5.10. The average molecular weight is 389 g/mol. The van der Waals surface area contributed by atoms with Gasteiger partial charge in [0.25, 0.3) is 0 Å². The van der Waals surface area contributed by atoms with Crippen LogP contribution in [-0.4, -0.2) is 70.8 Å². The fraction of sp³-hybridized carbons (Fsp3) is 0.882. The van der Waals surface area contributed by atoms with Crippen molar-refractivity contribution in [1.82, 2.24) is 14.9 Å². The Kier molecular flexibility index (Phi) is 8.15. The Labute approximate surface area is 156 Å². The SMILES string of the molecule is CCNC(=NCCS(=O)(=O)NCC1CCC1)N1CCC(C(=O)OC)CC1. The summed E-state index contributed by atoms with van der Waals surface area (Å²) < 4.78 is 31.7. The van der Waals surface area contributed by atoms with Crippen LogP contribution in [0.25, 0.3) is 0 Å². The second-order valence-electron chi connectivity index (χ2n) is 6.98. The fourth-order valence-electron chi connectivity index (χ4n) is 3.21. The van der Waals surface area contributed by atoms with Crippen LogP contribution in [0.5, 0.6) is 0 Å². The van der Waals surface area contributed by atoms with Gasteiger partial charge in [-0.05, 0) is 38.5 Å². The van der Waals surface area contributed by atoms with Crippen LogP contribution < -0.4 is 10.0 Å². The van der Waals surface area contributed by atoms with Crippen molar-refractivity contribution < 1.29 is 17.9 Å². The van der Waals surface area contributed by atoms with Gasteiger partial charge in [-0.3, -0.25) is 9.79 Å². The molecule has 0 atom stereocenters. The summed E-state index contributed by atoms with van der Waals surface area (Å²) in [6.07, 6.45) is 4.88. The van der Waals surface area contributed by atoms with E-state index < -0.39 is 10.0 Å². The number of nitrogens with zero attached hydrogens (tertiary/aromatic N) is 2. The van der Waals surface area contributed by atoms with Crippen LogP contribution in [-0.2, 0) is 19.6 Å². The van der Waals surface area contributed by atoms with Crippen LogP contribution in [0.4, 0.5) is 0 Å². The first kappa shape index (κ1) is 21.0. The first-order chi connectivity index (χ1) is 12.4. The summed E-state index contributed by atoms with van der Waals surface area (Å²) in [5.41, 5.74) is 0. The highest BCUT2D eigenvalue weighted by Crippen LogP contribution is 2.25. The maximum Gasteiger partial charge on any atom is 0.308 e. The highest BCUT2D eigenvalue weighted by atomic mass is 32.2. The number of ether oxygens (including phenoxy) is 1. The molecule has 2 N–H and O–H groups in total. The van der Waals surface area contributed by atoms with Crippen LogP contribution in [0.1, 0.15) is 39.0 Å². The van der Waals surface area contributed by atoms with Gasteiger partial charge in [-0.25, -0.2) is 13.1 Å². The molecule has 0 spiro atoms. The molecular formula is C17H32N4O4S. The molecule has 0 bridgehead atoms. The normalized spacial score (nSPS) is 19.9. The molecule has 2 rings (SSSR count). The minimum atomic E-state index is -3.28. The molecule has 1 aliphatic carbocycles. The van der Waals surface area contributed by atoms with E-state index >= 15 is 0 Å². The fourth-order valence-corrected chi connectivity index (χ4v) is 4.17. The van der Waals surface area contributed by atoms with Gasteiger partial charge in [0.15, 0.2) is 5.96 Å². The Morgan fingerprint density at radius 3 is 2.46 bits per heavy atom. The molecule has 0 unspecified atom stereocenters. The van der Waals surface area contributed by atoms with Crippen molar-refractivity contribution in [2.75, 3.05) is 45.6 Å². The average Bonchev–Trinajstić information content (AvgIpc) is 2.59. The van der Waals surface area contributed by atoms with Crippen molar-refractivity contribution in [1.29, 1.82) is 0 Å². The maximum absolute atomic E-state index is 12.1. The van der Waals surface area contributed by atoms with Gasteiger partial charge in [-0.15, -0.1) is 0 Å². The maximum atomic E-state index is 12.1. The number of guanidine groups is 1. The Hall–Kier alpha value is -1.35. The number of sulfonamides is 1. The Balaban J connectivity index is 1.81. The van der Waals surface area contributed by atoms with E-state index in [1.807, 2.05) is 6.92 Å². The molecular weight excluding hydrogens is 356 g/mol. The Bertz CT molecular complexity index is 582. The molecule has 1 saturated heterocycles. The van der Waals surface area contributed by atoms with E-state index in [1.54, 1.807) is 0 Å². The third-order valence-corrected chi connectivity index (χ3v) is 6.43. The minimum absolute atomic E-state index is 0.00671. The zero-order valence-electron chi connectivity index (χ0n) is 15.9. The molecule has 8 nitrogen and oxygen atoms in total. The van der Waals surface area contributed by atoms with E-state index in [9.17, 15) is 13.2 Å². The quantitative estimate of drug-likeness (QED) is 0.358. The number of methoxy groups -OCH3 is 1. The molecule has 0 radical (unpaired) electrons. The molecule has 0 aromatic carbocycles. The lowest BCUT2D eigenvalue weighted by molar-refractivity contribution is -0.146. The molecule has 0 amide bonds. The van der Waals surface area contributed by atoms with Crippen LogP contribution in [0.15, 0.2) is 4.99 Å². The van der Waals surface area contributed by atoms with Gasteiger partial charge in [0, 0.05) is 26.2 Å². The summed E-state index contributed by atoms with van der Waals surface area (Å²) in [5.74, 6) is 0.991. The van der Waals surface area contributed by atoms with Crippen molar-refractivity contribution in [3.8, 4) is 0 Å². The van der Waals surface area contributed by atoms with E-state index in [-0.39, 0.29) is 24.2 Å². The largest absolute Gasteiger partial charge is 0.469 e. The van der Waals surface area contributed by atoms with Gasteiger partial charge in [0.05, 0.1) is 25.3 Å². The van der Waals surface area contributed by atoms with Gasteiger partial charge in [-0.2, -0.15) is 0 Å². The zero-order chi connectivity index (χ0) is 19.0. The van der Waals surface area contributed by atoms with Crippen LogP contribution in [0.2, 0.25) is 0 Å². The summed E-state index contributed by atoms with van der Waals surface area (Å²) in [6, 6.07) is 0. The zero-order valence-corrected chi connectivity index (χ0v) is 16.7. The van der Waals surface area contributed by atoms with E-state index in [4.69, 9.17) is 4.74 Å². The predicted molar refractivity (Wildman–Crippen MR) is 101 cm³/mol. The predicted octanol–water partition coefficient (Wildman–Crippen LogP) is 0.556. The molecule has 2 fully saturated rings. The van der Waals surface area contributed by atoms with Crippen molar-refractivity contribution in [3.63, 3.8) is 0 Å². The number of piperidine rings is 1. The van der Waals surface area contributed by atoms with E-state index in [1.165, 1.54) is 13.5 Å². The number of carbonyl (C=O) groups is 1. The monoisotopic (exact) mass is 388 g/mol. The molecule has 0 aromatic rings. The highest BCUT2D eigenvalue weighted by Gasteiger charge is 2.27. The van der Waals surface area contributed by atoms with Gasteiger partial charge in [-0.1, -0.05) is 6.42 Å². The van der Waals surface area contributed by atoms with E-state index in [0.717, 1.165) is 25.7 Å². The number of hydrogen-bond donors (Lipinski definition) is 2. The standard InChI is InChI=1S/C17H32N4O4S/c1-3-18-17(21-10-7-15(8-11-21)16(22)25-2)19-9-12-26(23,24)20-13-14-5-4-6-14/h14-15,20H,3-13H2,1-2H3,(H,18,19). The lowest BCUT2D eigenvalue weighted by atomic mass is 9.86. The van der Waals surface area contributed by atoms with Crippen LogP contribution in [0, 0.1) is 11.8 Å².